The molecule has 0 saturated carbocycles. The van der Waals surface area contributed by atoms with Gasteiger partial charge in [-0.2, -0.15) is 4.31 Å². The van der Waals surface area contributed by atoms with Crippen molar-refractivity contribution in [3.05, 3.63) is 0 Å². The first-order valence-electron chi connectivity index (χ1n) is 6.43. The van der Waals surface area contributed by atoms with Gasteiger partial charge in [0.2, 0.25) is 10.0 Å². The molecule has 0 radical (unpaired) electrons. The average Bonchev–Trinajstić information content (AvgIpc) is 2.29. The van der Waals surface area contributed by atoms with Gasteiger partial charge in [-0.15, -0.1) is 0 Å². The van der Waals surface area contributed by atoms with Crippen molar-refractivity contribution in [1.82, 2.24) is 9.21 Å². The Kier molecular flexibility index (Phi) is 5.85. The molecule has 1 saturated heterocycles. The summed E-state index contributed by atoms with van der Waals surface area (Å²) < 4.78 is 25.8. The molecule has 1 aliphatic heterocycles. The highest BCUT2D eigenvalue weighted by Crippen LogP contribution is 2.14. The number of hydrogen-bond donors (Lipinski definition) is 1. The van der Waals surface area contributed by atoms with E-state index in [0.29, 0.717) is 32.1 Å². The van der Waals surface area contributed by atoms with Crippen LogP contribution < -0.4 is 5.73 Å². The largest absolute Gasteiger partial charge is 0.330 e. The second-order valence-corrected chi connectivity index (χ2v) is 6.74. The van der Waals surface area contributed by atoms with E-state index in [1.807, 2.05) is 0 Å². The van der Waals surface area contributed by atoms with Gasteiger partial charge < -0.3 is 5.73 Å². The quantitative estimate of drug-likeness (QED) is 0.689. The zero-order chi connectivity index (χ0) is 12.9. The second-order valence-electron chi connectivity index (χ2n) is 4.65. The third-order valence-corrected chi connectivity index (χ3v) is 5.31. The number of nitrogens with two attached hydrogens (primary N) is 1. The first-order valence-corrected chi connectivity index (χ1v) is 8.04. The minimum atomic E-state index is -3.07. The number of nitrogens with zero attached hydrogens (tertiary/aromatic N) is 2. The number of piperazine rings is 1. The Morgan fingerprint density at radius 2 is 2.00 bits per heavy atom. The van der Waals surface area contributed by atoms with Crippen molar-refractivity contribution < 1.29 is 8.42 Å². The Bertz CT molecular complexity index is 319. The molecule has 0 aromatic heterocycles. The van der Waals surface area contributed by atoms with Crippen LogP contribution in [0.25, 0.3) is 0 Å². The molecule has 0 spiro atoms. The number of hydrogen-bond acceptors (Lipinski definition) is 4. The Balaban J connectivity index is 2.50. The van der Waals surface area contributed by atoms with Gasteiger partial charge in [0, 0.05) is 25.7 Å². The lowest BCUT2D eigenvalue weighted by molar-refractivity contribution is 0.135. The van der Waals surface area contributed by atoms with E-state index in [0.717, 1.165) is 19.5 Å². The molecule has 1 fully saturated rings. The molecule has 1 heterocycles. The Labute approximate surface area is 105 Å². The van der Waals surface area contributed by atoms with Gasteiger partial charge in [-0.25, -0.2) is 8.42 Å². The summed E-state index contributed by atoms with van der Waals surface area (Å²) in [6.45, 7) is 7.85. The maximum atomic E-state index is 12.1. The minimum Gasteiger partial charge on any atom is -0.330 e. The topological polar surface area (TPSA) is 66.6 Å². The lowest BCUT2D eigenvalue weighted by Gasteiger charge is -2.38. The van der Waals surface area contributed by atoms with Crippen molar-refractivity contribution >= 4 is 10.0 Å². The normalized spacial score (nSPS) is 24.1. The Morgan fingerprint density at radius 3 is 2.53 bits per heavy atom. The van der Waals surface area contributed by atoms with Gasteiger partial charge in [-0.05, 0) is 32.9 Å². The molecule has 2 N–H and O–H groups in total. The van der Waals surface area contributed by atoms with Gasteiger partial charge in [-0.1, -0.05) is 6.92 Å². The van der Waals surface area contributed by atoms with Crippen molar-refractivity contribution in [1.29, 1.82) is 0 Å². The highest BCUT2D eigenvalue weighted by atomic mass is 32.2. The number of sulfonamides is 1. The smallest absolute Gasteiger partial charge is 0.214 e. The van der Waals surface area contributed by atoms with E-state index < -0.39 is 10.0 Å². The van der Waals surface area contributed by atoms with Gasteiger partial charge in [0.25, 0.3) is 0 Å². The summed E-state index contributed by atoms with van der Waals surface area (Å²) in [5.41, 5.74) is 5.38. The Morgan fingerprint density at radius 1 is 1.29 bits per heavy atom. The molecule has 0 aromatic rings. The predicted molar refractivity (Wildman–Crippen MR) is 70.4 cm³/mol. The summed E-state index contributed by atoms with van der Waals surface area (Å²) in [6.07, 6.45) is 1.45. The number of likely N-dealkylation sites (N-methyl/N-ethyl adjacent to an activating group) is 1. The maximum absolute atomic E-state index is 12.1. The van der Waals surface area contributed by atoms with E-state index in [-0.39, 0.29) is 5.75 Å². The molecule has 0 aliphatic carbocycles. The summed E-state index contributed by atoms with van der Waals surface area (Å²) in [7, 11) is -3.07. The molecule has 5 nitrogen and oxygen atoms in total. The molecule has 0 amide bonds. The number of unbranched alkanes of at least 4 members (excludes halogenated alkanes) is 1. The molecule has 1 rings (SSSR count). The highest BCUT2D eigenvalue weighted by Gasteiger charge is 2.29. The van der Waals surface area contributed by atoms with Crippen LogP contribution >= 0.6 is 0 Å². The summed E-state index contributed by atoms with van der Waals surface area (Å²) in [5.74, 6) is 0.239. The van der Waals surface area contributed by atoms with Gasteiger partial charge in [0.05, 0.1) is 5.75 Å². The standard InChI is InChI=1S/C11H25N3O2S/c1-3-13-7-8-14(10-11(13)2)17(15,16)9-5-4-6-12/h11H,3-10,12H2,1-2H3. The first kappa shape index (κ1) is 14.9. The van der Waals surface area contributed by atoms with Crippen LogP contribution in [0.5, 0.6) is 0 Å². The predicted octanol–water partition coefficient (Wildman–Crippen LogP) is 0.0811. The van der Waals surface area contributed by atoms with Crippen LogP contribution in [0.1, 0.15) is 26.7 Å². The zero-order valence-electron chi connectivity index (χ0n) is 10.9. The molecular weight excluding hydrogens is 238 g/mol. The third-order valence-electron chi connectivity index (χ3n) is 3.38. The molecule has 0 aromatic carbocycles. The lowest BCUT2D eigenvalue weighted by Crippen LogP contribution is -2.53. The maximum Gasteiger partial charge on any atom is 0.214 e. The van der Waals surface area contributed by atoms with Gasteiger partial charge in [-0.3, -0.25) is 4.90 Å². The van der Waals surface area contributed by atoms with Crippen molar-refractivity contribution in [3.63, 3.8) is 0 Å². The fraction of sp³-hybridized carbons (Fsp3) is 1.00. The van der Waals surface area contributed by atoms with Crippen molar-refractivity contribution in [2.45, 2.75) is 32.7 Å². The van der Waals surface area contributed by atoms with Crippen LogP contribution in [0, 0.1) is 0 Å². The Hall–Kier alpha value is -0.170. The van der Waals surface area contributed by atoms with Crippen LogP contribution in [-0.2, 0) is 10.0 Å². The molecule has 1 atom stereocenters. The van der Waals surface area contributed by atoms with Gasteiger partial charge in [0.1, 0.15) is 0 Å². The SMILES string of the molecule is CCN1CCN(S(=O)(=O)CCCCN)CC1C. The van der Waals surface area contributed by atoms with E-state index in [1.165, 1.54) is 0 Å². The monoisotopic (exact) mass is 263 g/mol. The van der Waals surface area contributed by atoms with E-state index in [1.54, 1.807) is 4.31 Å². The third kappa shape index (κ3) is 4.21. The molecule has 1 aliphatic rings. The summed E-state index contributed by atoms with van der Waals surface area (Å²) >= 11 is 0. The fourth-order valence-electron chi connectivity index (χ4n) is 2.24. The van der Waals surface area contributed by atoms with Gasteiger partial charge in [0.15, 0.2) is 0 Å². The van der Waals surface area contributed by atoms with E-state index in [4.69, 9.17) is 5.73 Å². The first-order chi connectivity index (χ1) is 8.01. The molecular formula is C11H25N3O2S. The summed E-state index contributed by atoms with van der Waals surface area (Å²) in [4.78, 5) is 2.31. The summed E-state index contributed by atoms with van der Waals surface area (Å²) in [5, 5.41) is 0. The zero-order valence-corrected chi connectivity index (χ0v) is 11.7. The van der Waals surface area contributed by atoms with Crippen molar-refractivity contribution in [2.75, 3.05) is 38.5 Å². The van der Waals surface area contributed by atoms with Crippen LogP contribution in [-0.4, -0.2) is 62.1 Å². The summed E-state index contributed by atoms with van der Waals surface area (Å²) in [6, 6.07) is 0.318. The molecule has 102 valence electrons. The van der Waals surface area contributed by atoms with Gasteiger partial charge >= 0.3 is 0 Å². The molecule has 0 bridgehead atoms. The van der Waals surface area contributed by atoms with Crippen LogP contribution in [0.3, 0.4) is 0 Å². The average molecular weight is 263 g/mol. The molecule has 6 heteroatoms. The number of rotatable bonds is 6. The van der Waals surface area contributed by atoms with Crippen LogP contribution in [0.15, 0.2) is 0 Å². The minimum absolute atomic E-state index is 0.239. The van der Waals surface area contributed by atoms with E-state index >= 15 is 0 Å². The van der Waals surface area contributed by atoms with Crippen LogP contribution in [0.4, 0.5) is 0 Å². The lowest BCUT2D eigenvalue weighted by atomic mass is 10.2. The second kappa shape index (κ2) is 6.68. The van der Waals surface area contributed by atoms with E-state index in [2.05, 4.69) is 18.7 Å². The van der Waals surface area contributed by atoms with Crippen LogP contribution in [0.2, 0.25) is 0 Å². The van der Waals surface area contributed by atoms with E-state index in [9.17, 15) is 8.42 Å². The van der Waals surface area contributed by atoms with Crippen molar-refractivity contribution in [2.24, 2.45) is 5.73 Å². The fourth-order valence-corrected chi connectivity index (χ4v) is 3.87. The van der Waals surface area contributed by atoms with Crippen molar-refractivity contribution in [3.8, 4) is 0 Å². The molecule has 17 heavy (non-hydrogen) atoms. The highest BCUT2D eigenvalue weighted by molar-refractivity contribution is 7.89. The molecule has 1 unspecified atom stereocenters.